The highest BCUT2D eigenvalue weighted by atomic mass is 16.9. The van der Waals surface area contributed by atoms with E-state index < -0.39 is 16.5 Å². The van der Waals surface area contributed by atoms with Gasteiger partial charge in [0, 0.05) is 23.8 Å². The third-order valence-electron chi connectivity index (χ3n) is 7.60. The minimum Gasteiger partial charge on any atom is -0.508 e. The summed E-state index contributed by atoms with van der Waals surface area (Å²) in [7, 11) is 0. The third-order valence-corrected chi connectivity index (χ3v) is 7.60. The molecule has 0 radical (unpaired) electrons. The van der Waals surface area contributed by atoms with Crippen molar-refractivity contribution < 1.29 is 34.5 Å². The van der Waals surface area contributed by atoms with Gasteiger partial charge >= 0.3 is 5.97 Å². The number of phenols is 2. The van der Waals surface area contributed by atoms with Gasteiger partial charge in [-0.3, -0.25) is 9.59 Å². The molecule has 9 heteroatoms. The lowest BCUT2D eigenvalue weighted by Gasteiger charge is -2.59. The van der Waals surface area contributed by atoms with E-state index in [-0.39, 0.29) is 53.7 Å². The first kappa shape index (κ1) is 24.8. The first-order chi connectivity index (χ1) is 15.4. The Morgan fingerprint density at radius 1 is 1.18 bits per heavy atom. The topological polar surface area (TPSA) is 136 Å². The molecule has 33 heavy (non-hydrogen) atoms. The second-order valence-electron chi connectivity index (χ2n) is 10.3. The molecule has 182 valence electrons. The average molecular weight is 464 g/mol. The Kier molecular flexibility index (Phi) is 6.91. The Labute approximate surface area is 193 Å². The lowest BCUT2D eigenvalue weighted by molar-refractivity contribution is -0.757. The van der Waals surface area contributed by atoms with Crippen molar-refractivity contribution in [2.45, 2.75) is 71.1 Å². The molecular formula is C24H33NO8. The summed E-state index contributed by atoms with van der Waals surface area (Å²) >= 11 is 0. The number of esters is 1. The van der Waals surface area contributed by atoms with E-state index in [0.717, 1.165) is 6.42 Å². The zero-order chi connectivity index (χ0) is 24.6. The van der Waals surface area contributed by atoms with Gasteiger partial charge in [0.05, 0.1) is 18.6 Å². The quantitative estimate of drug-likeness (QED) is 0.230. The molecule has 0 saturated heterocycles. The van der Waals surface area contributed by atoms with Crippen molar-refractivity contribution in [2.75, 3.05) is 13.2 Å². The van der Waals surface area contributed by atoms with Crippen LogP contribution in [-0.4, -0.2) is 40.3 Å². The van der Waals surface area contributed by atoms with E-state index in [4.69, 9.17) is 4.74 Å². The number of aromatic hydroxyl groups is 2. The molecule has 3 atom stereocenters. The van der Waals surface area contributed by atoms with Crippen LogP contribution in [0, 0.1) is 27.4 Å². The molecule has 0 spiro atoms. The van der Waals surface area contributed by atoms with Gasteiger partial charge in [-0.25, -0.2) is 0 Å². The second-order valence-corrected chi connectivity index (χ2v) is 10.3. The summed E-state index contributed by atoms with van der Waals surface area (Å²) in [6.45, 7) is 7.58. The van der Waals surface area contributed by atoms with E-state index in [1.165, 1.54) is 12.1 Å². The summed E-state index contributed by atoms with van der Waals surface area (Å²) in [5.74, 6) is -0.559. The van der Waals surface area contributed by atoms with Crippen LogP contribution < -0.4 is 0 Å². The maximum atomic E-state index is 12.7. The van der Waals surface area contributed by atoms with Gasteiger partial charge < -0.3 is 19.8 Å². The van der Waals surface area contributed by atoms with Gasteiger partial charge in [0.15, 0.2) is 0 Å². The van der Waals surface area contributed by atoms with Crippen LogP contribution in [0.25, 0.3) is 0 Å². The van der Waals surface area contributed by atoms with Crippen LogP contribution in [0.15, 0.2) is 12.1 Å². The number of phenolic OH excluding ortho intramolecular Hbond substituents is 2. The van der Waals surface area contributed by atoms with E-state index in [0.29, 0.717) is 36.8 Å². The molecule has 4 rings (SSSR count). The number of hydrogen-bond acceptors (Lipinski definition) is 8. The molecule has 2 N–H and O–H groups in total. The van der Waals surface area contributed by atoms with Crippen LogP contribution in [-0.2, 0) is 24.6 Å². The second kappa shape index (κ2) is 9.19. The van der Waals surface area contributed by atoms with E-state index in [2.05, 4.69) is 18.7 Å². The minimum absolute atomic E-state index is 0.00261. The van der Waals surface area contributed by atoms with Gasteiger partial charge in [0.2, 0.25) is 0 Å². The van der Waals surface area contributed by atoms with Gasteiger partial charge in [0.25, 0.3) is 5.09 Å². The van der Waals surface area contributed by atoms with Crippen molar-refractivity contribution in [2.24, 2.45) is 17.3 Å². The molecule has 0 unspecified atom stereocenters. The summed E-state index contributed by atoms with van der Waals surface area (Å²) in [5, 5.41) is 30.9. The third kappa shape index (κ3) is 4.77. The van der Waals surface area contributed by atoms with Crippen LogP contribution >= 0.6 is 0 Å². The van der Waals surface area contributed by atoms with Crippen molar-refractivity contribution in [3.05, 3.63) is 33.4 Å². The standard InChI is InChI=1S/C24H33NO8/c1-23(2,22(29)32-8-6-5-7-9-33-25(30)31)14-10-19(27)21(20(28)11-14)15-12-18(26)17-13-16(15)24(17,3)4/h10-11,15-17,27-28H,5-9,12-13H2,1-4H3/t15-,16+,17+/m1/s1. The molecule has 3 saturated carbocycles. The maximum Gasteiger partial charge on any atom is 0.315 e. The molecule has 0 aliphatic heterocycles. The largest absolute Gasteiger partial charge is 0.508 e. The molecule has 0 heterocycles. The van der Waals surface area contributed by atoms with Crippen LogP contribution in [0.5, 0.6) is 11.5 Å². The van der Waals surface area contributed by atoms with Crippen LogP contribution in [0.1, 0.15) is 76.8 Å². The number of nitrogens with zero attached hydrogens (tertiary/aromatic N) is 1. The monoisotopic (exact) mass is 463 g/mol. The van der Waals surface area contributed by atoms with Crippen LogP contribution in [0.4, 0.5) is 0 Å². The molecule has 9 nitrogen and oxygen atoms in total. The zero-order valence-corrected chi connectivity index (χ0v) is 19.6. The molecule has 2 bridgehead atoms. The number of unbranched alkanes of at least 4 members (excludes halogenated alkanes) is 2. The first-order valence-electron chi connectivity index (χ1n) is 11.4. The SMILES string of the molecule is CC(C)(C(=O)OCCCCCO[N+](=O)[O-])c1cc(O)c([C@@H]2CC(=O)[C@@H]3C[C@@H]2C3(C)C)c(O)c1. The summed E-state index contributed by atoms with van der Waals surface area (Å²) in [6.07, 6.45) is 2.69. The molecule has 1 aromatic rings. The summed E-state index contributed by atoms with van der Waals surface area (Å²) in [4.78, 5) is 39.6. The molecule has 3 aliphatic carbocycles. The Hall–Kier alpha value is -2.84. The number of carbonyl (C=O) groups excluding carboxylic acids is 2. The smallest absolute Gasteiger partial charge is 0.315 e. The van der Waals surface area contributed by atoms with Crippen molar-refractivity contribution >= 4 is 11.8 Å². The number of carbonyl (C=O) groups is 2. The average Bonchev–Trinajstić information content (AvgIpc) is 2.71. The van der Waals surface area contributed by atoms with E-state index in [9.17, 15) is 29.9 Å². The predicted molar refractivity (Wildman–Crippen MR) is 118 cm³/mol. The van der Waals surface area contributed by atoms with Gasteiger partial charge in [-0.05, 0) is 68.6 Å². The lowest BCUT2D eigenvalue weighted by atomic mass is 9.44. The van der Waals surface area contributed by atoms with Crippen molar-refractivity contribution in [1.82, 2.24) is 0 Å². The Morgan fingerprint density at radius 2 is 1.79 bits per heavy atom. The summed E-state index contributed by atoms with van der Waals surface area (Å²) in [5.41, 5.74) is -0.482. The number of hydrogen-bond donors (Lipinski definition) is 2. The number of ketones is 1. The Morgan fingerprint density at radius 3 is 2.33 bits per heavy atom. The number of Topliss-reactive ketones (excluding diaryl/α,β-unsaturated/α-hetero) is 1. The highest BCUT2D eigenvalue weighted by Crippen LogP contribution is 2.64. The van der Waals surface area contributed by atoms with Gasteiger partial charge in [-0.2, -0.15) is 0 Å². The molecular weight excluding hydrogens is 430 g/mol. The molecule has 0 aromatic heterocycles. The molecule has 3 aliphatic rings. The Bertz CT molecular complexity index is 915. The first-order valence-corrected chi connectivity index (χ1v) is 11.4. The molecule has 0 amide bonds. The van der Waals surface area contributed by atoms with Crippen LogP contribution in [0.2, 0.25) is 0 Å². The highest BCUT2D eigenvalue weighted by Gasteiger charge is 2.59. The number of ether oxygens (including phenoxy) is 1. The predicted octanol–water partition coefficient (Wildman–Crippen LogP) is 4.02. The van der Waals surface area contributed by atoms with E-state index >= 15 is 0 Å². The lowest BCUT2D eigenvalue weighted by Crippen LogP contribution is -2.56. The highest BCUT2D eigenvalue weighted by molar-refractivity contribution is 5.86. The maximum absolute atomic E-state index is 12.7. The number of rotatable bonds is 10. The van der Waals surface area contributed by atoms with Crippen molar-refractivity contribution in [3.8, 4) is 11.5 Å². The summed E-state index contributed by atoms with van der Waals surface area (Å²) in [6, 6.07) is 2.96. The van der Waals surface area contributed by atoms with E-state index in [1.54, 1.807) is 13.8 Å². The Balaban J connectivity index is 1.65. The van der Waals surface area contributed by atoms with Gasteiger partial charge in [-0.15, -0.1) is 10.1 Å². The molecule has 3 fully saturated rings. The fourth-order valence-corrected chi connectivity index (χ4v) is 5.34. The minimum atomic E-state index is -1.12. The summed E-state index contributed by atoms with van der Waals surface area (Å²) < 4.78 is 5.36. The normalized spacial score (nSPS) is 23.5. The van der Waals surface area contributed by atoms with Crippen molar-refractivity contribution in [1.29, 1.82) is 0 Å². The molecule has 1 aromatic carbocycles. The van der Waals surface area contributed by atoms with Crippen LogP contribution in [0.3, 0.4) is 0 Å². The van der Waals surface area contributed by atoms with Crippen molar-refractivity contribution in [3.63, 3.8) is 0 Å². The number of benzene rings is 1. The van der Waals surface area contributed by atoms with E-state index in [1.807, 2.05) is 0 Å². The van der Waals surface area contributed by atoms with Gasteiger partial charge in [-0.1, -0.05) is 13.8 Å². The zero-order valence-electron chi connectivity index (χ0n) is 19.6. The van der Waals surface area contributed by atoms with Gasteiger partial charge in [0.1, 0.15) is 17.3 Å². The fourth-order valence-electron chi connectivity index (χ4n) is 5.34. The number of fused-ring (bicyclic) bond motifs is 2. The fraction of sp³-hybridized carbons (Fsp3) is 0.667.